The molecular formula is C15H20N2O. The second-order valence-electron chi connectivity index (χ2n) is 4.33. The second kappa shape index (κ2) is 6.83. The molecule has 0 radical (unpaired) electrons. The molecular weight excluding hydrogens is 224 g/mol. The maximum Gasteiger partial charge on any atom is 0.227 e. The zero-order valence-corrected chi connectivity index (χ0v) is 11.2. The molecule has 3 N–H and O–H groups in total. The molecule has 18 heavy (non-hydrogen) atoms. The predicted molar refractivity (Wildman–Crippen MR) is 75.2 cm³/mol. The fourth-order valence-electron chi connectivity index (χ4n) is 1.43. The molecule has 0 aromatic heterocycles. The molecule has 1 aromatic carbocycles. The van der Waals surface area contributed by atoms with Crippen molar-refractivity contribution in [1.29, 1.82) is 0 Å². The summed E-state index contributed by atoms with van der Waals surface area (Å²) in [6.07, 6.45) is 0.831. The van der Waals surface area contributed by atoms with Crippen molar-refractivity contribution in [3.63, 3.8) is 0 Å². The topological polar surface area (TPSA) is 55.1 Å². The van der Waals surface area contributed by atoms with Crippen molar-refractivity contribution in [3.8, 4) is 11.8 Å². The van der Waals surface area contributed by atoms with Gasteiger partial charge in [-0.3, -0.25) is 4.79 Å². The Kier molecular flexibility index (Phi) is 5.41. The van der Waals surface area contributed by atoms with E-state index in [0.717, 1.165) is 23.2 Å². The Hall–Kier alpha value is -1.79. The number of benzene rings is 1. The monoisotopic (exact) mass is 244 g/mol. The Morgan fingerprint density at radius 1 is 1.50 bits per heavy atom. The van der Waals surface area contributed by atoms with Gasteiger partial charge in [-0.05, 0) is 31.0 Å². The van der Waals surface area contributed by atoms with Crippen LogP contribution in [0.2, 0.25) is 0 Å². The maximum absolute atomic E-state index is 11.9. The summed E-state index contributed by atoms with van der Waals surface area (Å²) in [5, 5.41) is 2.94. The summed E-state index contributed by atoms with van der Waals surface area (Å²) >= 11 is 0. The van der Waals surface area contributed by atoms with E-state index in [1.165, 1.54) is 0 Å². The quantitative estimate of drug-likeness (QED) is 0.801. The van der Waals surface area contributed by atoms with E-state index in [2.05, 4.69) is 17.2 Å². The van der Waals surface area contributed by atoms with Crippen molar-refractivity contribution in [1.82, 2.24) is 0 Å². The second-order valence-corrected chi connectivity index (χ2v) is 4.33. The van der Waals surface area contributed by atoms with Gasteiger partial charge in [0, 0.05) is 17.2 Å². The lowest BCUT2D eigenvalue weighted by atomic mass is 10.1. The van der Waals surface area contributed by atoms with E-state index in [-0.39, 0.29) is 11.8 Å². The minimum absolute atomic E-state index is 0.0168. The smallest absolute Gasteiger partial charge is 0.227 e. The highest BCUT2D eigenvalue weighted by Crippen LogP contribution is 2.17. The van der Waals surface area contributed by atoms with Gasteiger partial charge in [-0.25, -0.2) is 0 Å². The summed E-state index contributed by atoms with van der Waals surface area (Å²) in [5.41, 5.74) is 8.06. The van der Waals surface area contributed by atoms with Crippen LogP contribution in [0.3, 0.4) is 0 Å². The van der Waals surface area contributed by atoms with Crippen molar-refractivity contribution >= 4 is 11.6 Å². The van der Waals surface area contributed by atoms with Crippen molar-refractivity contribution in [2.75, 3.05) is 11.9 Å². The number of rotatable bonds is 3. The van der Waals surface area contributed by atoms with Gasteiger partial charge in [-0.1, -0.05) is 31.8 Å². The first-order chi connectivity index (χ1) is 8.58. The van der Waals surface area contributed by atoms with E-state index in [1.807, 2.05) is 39.0 Å². The van der Waals surface area contributed by atoms with Gasteiger partial charge >= 0.3 is 0 Å². The molecule has 96 valence electrons. The normalized spacial score (nSPS) is 11.3. The fraction of sp³-hybridized carbons (Fsp3) is 0.400. The average molecular weight is 244 g/mol. The van der Waals surface area contributed by atoms with Crippen LogP contribution in [0, 0.1) is 24.7 Å². The number of carbonyl (C=O) groups is 1. The maximum atomic E-state index is 11.9. The van der Waals surface area contributed by atoms with Crippen molar-refractivity contribution in [2.45, 2.75) is 27.2 Å². The molecule has 0 heterocycles. The summed E-state index contributed by atoms with van der Waals surface area (Å²) in [6.45, 7) is 6.22. The van der Waals surface area contributed by atoms with Crippen molar-refractivity contribution < 1.29 is 4.79 Å². The van der Waals surface area contributed by atoms with E-state index in [1.54, 1.807) is 0 Å². The SMILES string of the molecule is CCC(C)C(=O)Nc1cc(C#CCN)ccc1C. The van der Waals surface area contributed by atoms with Crippen LogP contribution in [0.15, 0.2) is 18.2 Å². The zero-order valence-electron chi connectivity index (χ0n) is 11.2. The third-order valence-corrected chi connectivity index (χ3v) is 2.89. The number of hydrogen-bond acceptors (Lipinski definition) is 2. The molecule has 1 unspecified atom stereocenters. The van der Waals surface area contributed by atoms with Crippen LogP contribution < -0.4 is 11.1 Å². The van der Waals surface area contributed by atoms with E-state index in [0.29, 0.717) is 6.54 Å². The van der Waals surface area contributed by atoms with Gasteiger partial charge in [-0.15, -0.1) is 0 Å². The number of amides is 1. The molecule has 0 saturated carbocycles. The number of aryl methyl sites for hydroxylation is 1. The van der Waals surface area contributed by atoms with Crippen LogP contribution in [-0.2, 0) is 4.79 Å². The number of anilines is 1. The summed E-state index contributed by atoms with van der Waals surface area (Å²) in [5.74, 6) is 5.83. The number of carbonyl (C=O) groups excluding carboxylic acids is 1. The molecule has 3 nitrogen and oxygen atoms in total. The first-order valence-corrected chi connectivity index (χ1v) is 6.19. The van der Waals surface area contributed by atoms with Gasteiger partial charge in [0.2, 0.25) is 5.91 Å². The van der Waals surface area contributed by atoms with Gasteiger partial charge in [0.1, 0.15) is 0 Å². The van der Waals surface area contributed by atoms with Crippen LogP contribution in [0.4, 0.5) is 5.69 Å². The van der Waals surface area contributed by atoms with E-state index < -0.39 is 0 Å². The lowest BCUT2D eigenvalue weighted by molar-refractivity contribution is -0.119. The van der Waals surface area contributed by atoms with Crippen molar-refractivity contribution in [2.24, 2.45) is 11.7 Å². The van der Waals surface area contributed by atoms with Gasteiger partial charge in [0.05, 0.1) is 6.54 Å². The lowest BCUT2D eigenvalue weighted by Gasteiger charge is -2.12. The van der Waals surface area contributed by atoms with Crippen LogP contribution in [-0.4, -0.2) is 12.5 Å². The first kappa shape index (κ1) is 14.3. The molecule has 0 fully saturated rings. The van der Waals surface area contributed by atoms with Gasteiger partial charge in [0.25, 0.3) is 0 Å². The van der Waals surface area contributed by atoms with E-state index in [9.17, 15) is 4.79 Å². The summed E-state index contributed by atoms with van der Waals surface area (Å²) in [4.78, 5) is 11.9. The van der Waals surface area contributed by atoms with Crippen LogP contribution in [0.25, 0.3) is 0 Å². The molecule has 0 spiro atoms. The molecule has 3 heteroatoms. The third-order valence-electron chi connectivity index (χ3n) is 2.89. The molecule has 0 bridgehead atoms. The summed E-state index contributed by atoms with van der Waals surface area (Å²) in [6, 6.07) is 5.77. The molecule has 1 amide bonds. The first-order valence-electron chi connectivity index (χ1n) is 6.19. The highest BCUT2D eigenvalue weighted by atomic mass is 16.1. The molecule has 1 atom stereocenters. The lowest BCUT2D eigenvalue weighted by Crippen LogP contribution is -2.20. The van der Waals surface area contributed by atoms with Gasteiger partial charge < -0.3 is 11.1 Å². The Balaban J connectivity index is 2.91. The molecule has 0 aliphatic rings. The van der Waals surface area contributed by atoms with Crippen LogP contribution in [0.1, 0.15) is 31.4 Å². The van der Waals surface area contributed by atoms with Gasteiger partial charge in [-0.2, -0.15) is 0 Å². The Morgan fingerprint density at radius 2 is 2.22 bits per heavy atom. The molecule has 1 rings (SSSR count). The Morgan fingerprint density at radius 3 is 2.83 bits per heavy atom. The largest absolute Gasteiger partial charge is 0.326 e. The molecule has 0 aliphatic heterocycles. The third kappa shape index (κ3) is 3.90. The molecule has 0 aliphatic carbocycles. The average Bonchev–Trinajstić information content (AvgIpc) is 2.38. The standard InChI is InChI=1S/C15H20N2O/c1-4-11(2)15(18)17-14-10-13(6-5-9-16)8-7-12(14)3/h7-8,10-11H,4,9,16H2,1-3H3,(H,17,18). The number of nitrogens with two attached hydrogens (primary N) is 1. The van der Waals surface area contributed by atoms with Gasteiger partial charge in [0.15, 0.2) is 0 Å². The summed E-state index contributed by atoms with van der Waals surface area (Å²) in [7, 11) is 0. The zero-order chi connectivity index (χ0) is 13.5. The highest BCUT2D eigenvalue weighted by molar-refractivity contribution is 5.93. The number of nitrogens with one attached hydrogen (secondary N) is 1. The minimum Gasteiger partial charge on any atom is -0.326 e. The van der Waals surface area contributed by atoms with E-state index in [4.69, 9.17) is 5.73 Å². The molecule has 1 aromatic rings. The Labute approximate surface area is 109 Å². The fourth-order valence-corrected chi connectivity index (χ4v) is 1.43. The highest BCUT2D eigenvalue weighted by Gasteiger charge is 2.11. The van der Waals surface area contributed by atoms with E-state index >= 15 is 0 Å². The number of hydrogen-bond donors (Lipinski definition) is 2. The Bertz CT molecular complexity index is 483. The summed E-state index contributed by atoms with van der Waals surface area (Å²) < 4.78 is 0. The van der Waals surface area contributed by atoms with Crippen LogP contribution >= 0.6 is 0 Å². The minimum atomic E-state index is 0.0168. The van der Waals surface area contributed by atoms with Crippen molar-refractivity contribution in [3.05, 3.63) is 29.3 Å². The van der Waals surface area contributed by atoms with Crippen LogP contribution in [0.5, 0.6) is 0 Å². The predicted octanol–water partition coefficient (Wildman–Crippen LogP) is 2.29. The molecule has 0 saturated heterocycles.